The van der Waals surface area contributed by atoms with Gasteiger partial charge in [0.25, 0.3) is 0 Å². The van der Waals surface area contributed by atoms with Crippen LogP contribution in [-0.4, -0.2) is 45.2 Å². The summed E-state index contributed by atoms with van der Waals surface area (Å²) in [7, 11) is 0. The van der Waals surface area contributed by atoms with Crippen LogP contribution in [0.4, 0.5) is 5.69 Å². The Balaban J connectivity index is 1.42. The lowest BCUT2D eigenvalue weighted by Gasteiger charge is -2.42. The van der Waals surface area contributed by atoms with Gasteiger partial charge in [-0.25, -0.2) is 4.98 Å². The first kappa shape index (κ1) is 22.6. The van der Waals surface area contributed by atoms with E-state index in [2.05, 4.69) is 16.0 Å². The number of carbonyl (C=O) groups is 3. The first-order valence-electron chi connectivity index (χ1n) is 11.8. The molecule has 3 fully saturated rings. The number of thiophene rings is 1. The molecule has 0 bridgehead atoms. The highest BCUT2D eigenvalue weighted by Crippen LogP contribution is 2.63. The monoisotopic (exact) mass is 500 g/mol. The fourth-order valence-electron chi connectivity index (χ4n) is 5.83. The second-order valence-electron chi connectivity index (χ2n) is 10.3. The zero-order valence-electron chi connectivity index (χ0n) is 20.1. The number of imide groups is 1. The number of pyridine rings is 2. The topological polar surface area (TPSA) is 133 Å². The number of nitrogens with zero attached hydrogens (tertiary/aromatic N) is 5. The Kier molecular flexibility index (Phi) is 4.76. The third kappa shape index (κ3) is 3.09. The third-order valence-corrected chi connectivity index (χ3v) is 9.02. The molecule has 3 unspecified atom stereocenters. The molecule has 3 aromatic heterocycles. The van der Waals surface area contributed by atoms with E-state index in [1.54, 1.807) is 12.3 Å². The van der Waals surface area contributed by atoms with E-state index in [0.29, 0.717) is 18.7 Å². The van der Waals surface area contributed by atoms with Crippen LogP contribution in [0, 0.1) is 35.5 Å². The van der Waals surface area contributed by atoms with Gasteiger partial charge in [0.2, 0.25) is 17.7 Å². The Morgan fingerprint density at radius 3 is 2.58 bits per heavy atom. The lowest BCUT2D eigenvalue weighted by atomic mass is 9.95. The molecule has 5 heterocycles. The number of carbonyl (C=O) groups excluding carboxylic acids is 3. The lowest BCUT2D eigenvalue weighted by molar-refractivity contribution is -0.143. The van der Waals surface area contributed by atoms with E-state index < -0.39 is 11.9 Å². The van der Waals surface area contributed by atoms with Crippen molar-refractivity contribution >= 4 is 45.0 Å². The molecule has 0 aromatic carbocycles. The smallest absolute Gasteiger partial charge is 0.240 e. The van der Waals surface area contributed by atoms with E-state index in [9.17, 15) is 19.6 Å². The van der Waals surface area contributed by atoms with Crippen molar-refractivity contribution in [2.24, 2.45) is 23.0 Å². The van der Waals surface area contributed by atoms with Gasteiger partial charge in [-0.05, 0) is 37.0 Å². The molecule has 1 saturated carbocycles. The molecule has 3 aliphatic rings. The highest BCUT2D eigenvalue weighted by atomic mass is 32.1. The van der Waals surface area contributed by atoms with Gasteiger partial charge in [0.1, 0.15) is 17.8 Å². The van der Waals surface area contributed by atoms with E-state index in [1.165, 1.54) is 16.2 Å². The molecule has 3 amide bonds. The Labute approximate surface area is 211 Å². The van der Waals surface area contributed by atoms with Crippen LogP contribution in [-0.2, 0) is 20.9 Å². The summed E-state index contributed by atoms with van der Waals surface area (Å²) < 4.78 is 0.879. The largest absolute Gasteiger partial charge is 0.368 e. The Bertz CT molecular complexity index is 1510. The van der Waals surface area contributed by atoms with Crippen LogP contribution in [0.3, 0.4) is 0 Å². The third-order valence-electron chi connectivity index (χ3n) is 7.88. The molecule has 1 aliphatic carbocycles. The summed E-state index contributed by atoms with van der Waals surface area (Å²) in [4.78, 5) is 50.8. The Hall–Kier alpha value is -3.84. The van der Waals surface area contributed by atoms with Gasteiger partial charge in [0, 0.05) is 28.7 Å². The number of nitriles is 1. The summed E-state index contributed by atoms with van der Waals surface area (Å²) >= 11 is 1.48. The molecule has 3 atom stereocenters. The summed E-state index contributed by atoms with van der Waals surface area (Å²) in [6, 6.07) is 7.23. The molecule has 36 heavy (non-hydrogen) atoms. The van der Waals surface area contributed by atoms with Gasteiger partial charge in [-0.3, -0.25) is 24.3 Å². The molecule has 182 valence electrons. The van der Waals surface area contributed by atoms with Crippen molar-refractivity contribution in [2.45, 2.75) is 39.8 Å². The van der Waals surface area contributed by atoms with Crippen LogP contribution in [0.1, 0.15) is 36.5 Å². The number of fused-ring (bicyclic) bond motifs is 2. The zero-order chi connectivity index (χ0) is 25.5. The first-order valence-corrected chi connectivity index (χ1v) is 12.7. The van der Waals surface area contributed by atoms with Gasteiger partial charge in [0.15, 0.2) is 0 Å². The second-order valence-corrected chi connectivity index (χ2v) is 11.5. The summed E-state index contributed by atoms with van der Waals surface area (Å²) in [5.74, 6) is -1.01. The first-order chi connectivity index (χ1) is 17.1. The van der Waals surface area contributed by atoms with Gasteiger partial charge in [-0.2, -0.15) is 5.26 Å². The van der Waals surface area contributed by atoms with Crippen molar-refractivity contribution < 1.29 is 14.4 Å². The highest BCUT2D eigenvalue weighted by Gasteiger charge is 2.72. The number of likely N-dealkylation sites (tertiary alicyclic amines) is 1. The maximum atomic E-state index is 12.8. The molecule has 9 nitrogen and oxygen atoms in total. The summed E-state index contributed by atoms with van der Waals surface area (Å²) in [6.07, 6.45) is 2.37. The van der Waals surface area contributed by atoms with E-state index in [0.717, 1.165) is 31.9 Å². The van der Waals surface area contributed by atoms with Gasteiger partial charge < -0.3 is 10.6 Å². The van der Waals surface area contributed by atoms with Gasteiger partial charge >= 0.3 is 0 Å². The minimum absolute atomic E-state index is 0.0957. The summed E-state index contributed by atoms with van der Waals surface area (Å²) in [5, 5.41) is 9.58. The minimum Gasteiger partial charge on any atom is -0.368 e. The molecule has 2 saturated heterocycles. The average Bonchev–Trinajstić information content (AvgIpc) is 3.05. The number of hydrogen-bond donors (Lipinski definition) is 1. The quantitative estimate of drug-likeness (QED) is 0.533. The van der Waals surface area contributed by atoms with Crippen molar-refractivity contribution in [3.63, 3.8) is 0 Å². The molecule has 3 aromatic rings. The zero-order valence-corrected chi connectivity index (χ0v) is 20.9. The Morgan fingerprint density at radius 1 is 1.25 bits per heavy atom. The second kappa shape index (κ2) is 7.58. The predicted octanol–water partition coefficient (Wildman–Crippen LogP) is 2.74. The fourth-order valence-corrected chi connectivity index (χ4v) is 6.97. The molecule has 6 rings (SSSR count). The number of aromatic nitrogens is 2. The van der Waals surface area contributed by atoms with Gasteiger partial charge in [-0.1, -0.05) is 13.8 Å². The number of aryl methyl sites for hydroxylation is 1. The van der Waals surface area contributed by atoms with Crippen LogP contribution < -0.4 is 10.6 Å². The molecule has 2 N–H and O–H groups in total. The summed E-state index contributed by atoms with van der Waals surface area (Å²) in [5.41, 5.74) is 9.45. The van der Waals surface area contributed by atoms with Crippen LogP contribution >= 0.6 is 11.3 Å². The predicted molar refractivity (Wildman–Crippen MR) is 134 cm³/mol. The highest BCUT2D eigenvalue weighted by molar-refractivity contribution is 7.19. The standard InChI is InChI=1S/C26H24N6O3S/c1-12-21(31-7-5-18(31)23(28)33)16(8-13(10-27)30-12)15-4-6-29-17-9-14(36-22(15)17)11-32-24(34)19-20(25(32)35)26(19,2)3/h4,6,8-9,18-20H,5,7,11H2,1-3H3,(H2,28,33). The number of amides is 3. The average molecular weight is 501 g/mol. The number of nitrogens with two attached hydrogens (primary N) is 1. The van der Waals surface area contributed by atoms with Crippen molar-refractivity contribution in [2.75, 3.05) is 11.4 Å². The molecular formula is C26H24N6O3S. The molecule has 10 heteroatoms. The normalized spacial score (nSPS) is 24.0. The SMILES string of the molecule is Cc1nc(C#N)cc(-c2ccnc3cc(CN4C(=O)C5C(C4=O)C5(C)C)sc23)c1N1CCC1C(N)=O. The maximum absolute atomic E-state index is 12.8. The molecular weight excluding hydrogens is 476 g/mol. The maximum Gasteiger partial charge on any atom is 0.240 e. The van der Waals surface area contributed by atoms with Crippen LogP contribution in [0.25, 0.3) is 21.3 Å². The number of primary amides is 1. The number of piperidine rings is 1. The minimum atomic E-state index is -0.420. The van der Waals surface area contributed by atoms with Crippen molar-refractivity contribution in [1.82, 2.24) is 14.9 Å². The number of anilines is 1. The van der Waals surface area contributed by atoms with E-state index in [1.807, 2.05) is 37.8 Å². The van der Waals surface area contributed by atoms with E-state index in [-0.39, 0.29) is 41.3 Å². The van der Waals surface area contributed by atoms with Crippen LogP contribution in [0.15, 0.2) is 24.4 Å². The van der Waals surface area contributed by atoms with Crippen LogP contribution in [0.2, 0.25) is 0 Å². The lowest BCUT2D eigenvalue weighted by Crippen LogP contribution is -2.55. The van der Waals surface area contributed by atoms with Crippen molar-refractivity contribution in [1.29, 1.82) is 5.26 Å². The Morgan fingerprint density at radius 2 is 1.97 bits per heavy atom. The molecule has 0 radical (unpaired) electrons. The number of rotatable bonds is 5. The molecule has 0 spiro atoms. The number of hydrogen-bond acceptors (Lipinski definition) is 8. The van der Waals surface area contributed by atoms with Crippen molar-refractivity contribution in [3.05, 3.63) is 40.7 Å². The van der Waals surface area contributed by atoms with E-state index in [4.69, 9.17) is 5.73 Å². The van der Waals surface area contributed by atoms with Crippen LogP contribution in [0.5, 0.6) is 0 Å². The fraction of sp³-hybridized carbons (Fsp3) is 0.385. The summed E-state index contributed by atoms with van der Waals surface area (Å²) in [6.45, 7) is 6.65. The van der Waals surface area contributed by atoms with E-state index >= 15 is 0 Å². The van der Waals surface area contributed by atoms with Crippen molar-refractivity contribution in [3.8, 4) is 17.2 Å². The van der Waals surface area contributed by atoms with Gasteiger partial charge in [-0.15, -0.1) is 11.3 Å². The van der Waals surface area contributed by atoms with Gasteiger partial charge in [0.05, 0.1) is 40.0 Å². The molecule has 2 aliphatic heterocycles.